The fourth-order valence-corrected chi connectivity index (χ4v) is 2.86. The molecule has 126 valence electrons. The van der Waals surface area contributed by atoms with Crippen molar-refractivity contribution in [3.05, 3.63) is 18.1 Å². The van der Waals surface area contributed by atoms with Crippen LogP contribution in [0.2, 0.25) is 0 Å². The lowest BCUT2D eigenvalue weighted by Gasteiger charge is -2.26. The standard InChI is InChI=1S/C17H14N4O4/c1-3-5-6-17(24)13(23)11(8-22)25-16(17)21-7-10(4-2)12-14(18)19-9-20-15(12)21/h1-2,7,9,11,13,16,22-24H,8H2,(H2,18,19,20)/t11-,13-,16-,17-/m1/s1. The van der Waals surface area contributed by atoms with Gasteiger partial charge < -0.3 is 30.4 Å². The molecule has 0 aliphatic carbocycles. The van der Waals surface area contributed by atoms with Gasteiger partial charge >= 0.3 is 0 Å². The lowest BCUT2D eigenvalue weighted by atomic mass is 9.94. The third-order valence-electron chi connectivity index (χ3n) is 4.04. The molecule has 1 saturated heterocycles. The molecule has 1 fully saturated rings. The molecular formula is C17H14N4O4. The van der Waals surface area contributed by atoms with Crippen LogP contribution in [0.5, 0.6) is 0 Å². The summed E-state index contributed by atoms with van der Waals surface area (Å²) in [6.45, 7) is -0.532. The van der Waals surface area contributed by atoms with Crippen LogP contribution in [0.4, 0.5) is 5.82 Å². The van der Waals surface area contributed by atoms with Crippen LogP contribution in [0.15, 0.2) is 12.5 Å². The van der Waals surface area contributed by atoms with Gasteiger partial charge in [-0.25, -0.2) is 9.97 Å². The predicted molar refractivity (Wildman–Crippen MR) is 88.4 cm³/mol. The van der Waals surface area contributed by atoms with E-state index >= 15 is 0 Å². The van der Waals surface area contributed by atoms with Gasteiger partial charge in [0.25, 0.3) is 0 Å². The van der Waals surface area contributed by atoms with E-state index in [1.807, 2.05) is 0 Å². The van der Waals surface area contributed by atoms with Crippen molar-refractivity contribution < 1.29 is 20.1 Å². The van der Waals surface area contributed by atoms with E-state index in [-0.39, 0.29) is 11.5 Å². The molecule has 2 aromatic rings. The average molecular weight is 338 g/mol. The quantitative estimate of drug-likeness (QED) is 0.497. The topological polar surface area (TPSA) is 127 Å². The molecule has 0 saturated carbocycles. The third kappa shape index (κ3) is 2.40. The van der Waals surface area contributed by atoms with Crippen molar-refractivity contribution in [2.24, 2.45) is 0 Å². The molecule has 3 heterocycles. The minimum absolute atomic E-state index is 0.159. The van der Waals surface area contributed by atoms with Gasteiger partial charge in [-0.15, -0.1) is 12.8 Å². The highest BCUT2D eigenvalue weighted by Gasteiger charge is 2.56. The molecular weight excluding hydrogens is 324 g/mol. The number of aliphatic hydroxyl groups excluding tert-OH is 2. The summed E-state index contributed by atoms with van der Waals surface area (Å²) >= 11 is 0. The Morgan fingerprint density at radius 1 is 1.40 bits per heavy atom. The summed E-state index contributed by atoms with van der Waals surface area (Å²) in [5.74, 6) is 9.39. The van der Waals surface area contributed by atoms with Gasteiger partial charge in [0.05, 0.1) is 17.6 Å². The Hall–Kier alpha value is -3.06. The SMILES string of the molecule is C#CC#C[C@@]1(O)[C@H](O)[C@@H](CO)O[C@H]1n1cc(C#C)c2c(N)ncnc21. The van der Waals surface area contributed by atoms with Crippen molar-refractivity contribution in [2.75, 3.05) is 12.3 Å². The maximum atomic E-state index is 10.9. The van der Waals surface area contributed by atoms with E-state index in [9.17, 15) is 15.3 Å². The van der Waals surface area contributed by atoms with E-state index in [1.165, 1.54) is 17.1 Å². The number of rotatable bonds is 2. The zero-order chi connectivity index (χ0) is 18.2. The second-order valence-electron chi connectivity index (χ2n) is 5.43. The Balaban J connectivity index is 2.25. The Kier molecular flexibility index (Phi) is 4.10. The number of hydrogen-bond acceptors (Lipinski definition) is 7. The highest BCUT2D eigenvalue weighted by molar-refractivity contribution is 5.92. The van der Waals surface area contributed by atoms with E-state index in [2.05, 4.69) is 33.6 Å². The predicted octanol–water partition coefficient (Wildman–Crippen LogP) is -1.39. The van der Waals surface area contributed by atoms with Gasteiger partial charge in [-0.1, -0.05) is 5.92 Å². The van der Waals surface area contributed by atoms with E-state index in [0.29, 0.717) is 10.9 Å². The number of aromatic nitrogens is 3. The molecule has 25 heavy (non-hydrogen) atoms. The van der Waals surface area contributed by atoms with Crippen LogP contribution in [0.3, 0.4) is 0 Å². The van der Waals surface area contributed by atoms with Crippen molar-refractivity contribution >= 4 is 16.9 Å². The number of anilines is 1. The van der Waals surface area contributed by atoms with Crippen LogP contribution in [-0.2, 0) is 4.74 Å². The average Bonchev–Trinajstić information content (AvgIpc) is 3.10. The van der Waals surface area contributed by atoms with Gasteiger partial charge in [-0.3, -0.25) is 0 Å². The molecule has 0 unspecified atom stereocenters. The Bertz CT molecular complexity index is 975. The maximum Gasteiger partial charge on any atom is 0.200 e. The summed E-state index contributed by atoms with van der Waals surface area (Å²) < 4.78 is 6.99. The molecule has 8 heteroatoms. The molecule has 3 rings (SSSR count). The lowest BCUT2D eigenvalue weighted by Crippen LogP contribution is -2.45. The number of nitrogens with zero attached hydrogens (tertiary/aromatic N) is 3. The Morgan fingerprint density at radius 3 is 2.80 bits per heavy atom. The monoisotopic (exact) mass is 338 g/mol. The molecule has 0 amide bonds. The first kappa shape index (κ1) is 16.8. The first-order valence-corrected chi connectivity index (χ1v) is 7.20. The van der Waals surface area contributed by atoms with E-state index < -0.39 is 30.6 Å². The fourth-order valence-electron chi connectivity index (χ4n) is 2.86. The highest BCUT2D eigenvalue weighted by atomic mass is 16.6. The van der Waals surface area contributed by atoms with Gasteiger partial charge in [0.1, 0.15) is 30.0 Å². The van der Waals surface area contributed by atoms with Crippen LogP contribution in [-0.4, -0.2) is 54.3 Å². The number of nitrogen functional groups attached to an aromatic ring is 1. The second kappa shape index (κ2) is 6.10. The number of ether oxygens (including phenoxy) is 1. The molecule has 8 nitrogen and oxygen atoms in total. The van der Waals surface area contributed by atoms with E-state index in [4.69, 9.17) is 23.3 Å². The molecule has 1 aliphatic heterocycles. The molecule has 0 spiro atoms. The first-order chi connectivity index (χ1) is 12.0. The maximum absolute atomic E-state index is 10.9. The minimum Gasteiger partial charge on any atom is -0.394 e. The van der Waals surface area contributed by atoms with Crippen LogP contribution < -0.4 is 5.73 Å². The van der Waals surface area contributed by atoms with Crippen molar-refractivity contribution in [2.45, 2.75) is 24.0 Å². The normalized spacial score (nSPS) is 28.1. The third-order valence-corrected chi connectivity index (χ3v) is 4.04. The molecule has 5 N–H and O–H groups in total. The van der Waals surface area contributed by atoms with Crippen molar-refractivity contribution in [3.8, 4) is 36.5 Å². The van der Waals surface area contributed by atoms with Crippen LogP contribution in [0.1, 0.15) is 11.8 Å². The van der Waals surface area contributed by atoms with Gasteiger partial charge in [-0.05, 0) is 17.8 Å². The summed E-state index contributed by atoms with van der Waals surface area (Å²) in [6.07, 6.45) is 9.53. The summed E-state index contributed by atoms with van der Waals surface area (Å²) in [4.78, 5) is 8.03. The number of nitrogens with two attached hydrogens (primary N) is 1. The molecule has 4 atom stereocenters. The van der Waals surface area contributed by atoms with Crippen molar-refractivity contribution in [3.63, 3.8) is 0 Å². The lowest BCUT2D eigenvalue weighted by molar-refractivity contribution is -0.0719. The number of aliphatic hydroxyl groups is 3. The highest BCUT2D eigenvalue weighted by Crippen LogP contribution is 2.40. The summed E-state index contributed by atoms with van der Waals surface area (Å²) in [5.41, 5.74) is 4.45. The smallest absolute Gasteiger partial charge is 0.200 e. The van der Waals surface area contributed by atoms with E-state index in [0.717, 1.165) is 0 Å². The van der Waals surface area contributed by atoms with Crippen LogP contribution in [0, 0.1) is 36.5 Å². The molecule has 0 radical (unpaired) electrons. The van der Waals surface area contributed by atoms with Gasteiger partial charge in [-0.2, -0.15) is 0 Å². The van der Waals surface area contributed by atoms with Gasteiger partial charge in [0, 0.05) is 6.20 Å². The molecule has 1 aliphatic rings. The van der Waals surface area contributed by atoms with E-state index in [1.54, 1.807) is 0 Å². The Morgan fingerprint density at radius 2 is 2.16 bits per heavy atom. The summed E-state index contributed by atoms with van der Waals surface area (Å²) in [7, 11) is 0. The second-order valence-corrected chi connectivity index (χ2v) is 5.43. The van der Waals surface area contributed by atoms with Crippen molar-refractivity contribution in [1.82, 2.24) is 14.5 Å². The number of fused-ring (bicyclic) bond motifs is 1. The Labute approximate surface area is 143 Å². The number of terminal acetylenes is 2. The van der Waals surface area contributed by atoms with Gasteiger partial charge in [0.15, 0.2) is 11.8 Å². The van der Waals surface area contributed by atoms with Gasteiger partial charge in [0.2, 0.25) is 0 Å². The van der Waals surface area contributed by atoms with Crippen LogP contribution in [0.25, 0.3) is 11.0 Å². The van der Waals surface area contributed by atoms with Crippen molar-refractivity contribution in [1.29, 1.82) is 0 Å². The zero-order valence-electron chi connectivity index (χ0n) is 12.9. The van der Waals surface area contributed by atoms with Crippen LogP contribution >= 0.6 is 0 Å². The largest absolute Gasteiger partial charge is 0.394 e. The fraction of sp³-hybridized carbons (Fsp3) is 0.294. The zero-order valence-corrected chi connectivity index (χ0v) is 12.9. The molecule has 0 aromatic carbocycles. The summed E-state index contributed by atoms with van der Waals surface area (Å²) in [5, 5.41) is 31.1. The molecule has 0 bridgehead atoms. The summed E-state index contributed by atoms with van der Waals surface area (Å²) in [6, 6.07) is 0. The number of hydrogen-bond donors (Lipinski definition) is 4. The first-order valence-electron chi connectivity index (χ1n) is 7.20. The minimum atomic E-state index is -2.09. The molecule has 2 aromatic heterocycles.